The predicted octanol–water partition coefficient (Wildman–Crippen LogP) is 5.06. The zero-order valence-electron chi connectivity index (χ0n) is 14.5. The van der Waals surface area contributed by atoms with E-state index in [1.807, 2.05) is 32.9 Å². The highest BCUT2D eigenvalue weighted by molar-refractivity contribution is 5.69. The lowest BCUT2D eigenvalue weighted by atomic mass is 10.1. The Labute approximate surface area is 135 Å². The van der Waals surface area contributed by atoms with E-state index in [4.69, 9.17) is 9.47 Å². The van der Waals surface area contributed by atoms with Gasteiger partial charge in [0.25, 0.3) is 0 Å². The molecule has 0 atom stereocenters. The Kier molecular flexibility index (Phi) is 8.00. The Hall–Kier alpha value is -1.51. The first-order valence-electron chi connectivity index (χ1n) is 8.28. The molecule has 0 aromatic heterocycles. The number of hydrogen-bond acceptors (Lipinski definition) is 3. The van der Waals surface area contributed by atoms with Crippen LogP contribution in [0.4, 0.5) is 0 Å². The molecular formula is C19H30O3. The molecule has 1 aromatic carbocycles. The highest BCUT2D eigenvalue weighted by Crippen LogP contribution is 2.14. The normalized spacial score (nSPS) is 11.3. The summed E-state index contributed by atoms with van der Waals surface area (Å²) >= 11 is 0. The molecule has 0 N–H and O–H groups in total. The molecule has 0 fully saturated rings. The van der Waals surface area contributed by atoms with Gasteiger partial charge in [0.15, 0.2) is 0 Å². The number of benzene rings is 1. The van der Waals surface area contributed by atoms with Gasteiger partial charge in [0.1, 0.15) is 11.4 Å². The summed E-state index contributed by atoms with van der Waals surface area (Å²) in [5.74, 6) is 0.861. The molecule has 1 aromatic rings. The third kappa shape index (κ3) is 9.43. The minimum absolute atomic E-state index is 0.0877. The second-order valence-electron chi connectivity index (χ2n) is 6.77. The average Bonchev–Trinajstić information content (AvgIpc) is 2.40. The first-order valence-corrected chi connectivity index (χ1v) is 8.28. The van der Waals surface area contributed by atoms with Crippen LogP contribution in [0.15, 0.2) is 24.3 Å². The van der Waals surface area contributed by atoms with Crippen LogP contribution in [0.2, 0.25) is 0 Å². The van der Waals surface area contributed by atoms with Gasteiger partial charge in [-0.25, -0.2) is 0 Å². The summed E-state index contributed by atoms with van der Waals surface area (Å²) in [7, 11) is 0. The zero-order valence-corrected chi connectivity index (χ0v) is 14.5. The molecule has 0 aliphatic rings. The SMILES string of the molecule is Cc1cccc(OCCCCCCCC(=O)OC(C)(C)C)c1. The van der Waals surface area contributed by atoms with Gasteiger partial charge in [-0.1, -0.05) is 31.4 Å². The summed E-state index contributed by atoms with van der Waals surface area (Å²) in [6.07, 6.45) is 5.84. The van der Waals surface area contributed by atoms with Gasteiger partial charge in [-0.05, 0) is 58.2 Å². The summed E-state index contributed by atoms with van der Waals surface area (Å²) in [6.45, 7) is 8.53. The third-order valence-corrected chi connectivity index (χ3v) is 3.20. The quantitative estimate of drug-likeness (QED) is 0.473. The van der Waals surface area contributed by atoms with Crippen molar-refractivity contribution in [1.82, 2.24) is 0 Å². The maximum absolute atomic E-state index is 11.5. The fourth-order valence-electron chi connectivity index (χ4n) is 2.19. The molecule has 3 nitrogen and oxygen atoms in total. The number of esters is 1. The van der Waals surface area contributed by atoms with Gasteiger partial charge in [0.05, 0.1) is 6.61 Å². The number of ether oxygens (including phenoxy) is 2. The molecule has 0 bridgehead atoms. The highest BCUT2D eigenvalue weighted by atomic mass is 16.6. The standard InChI is InChI=1S/C19H30O3/c1-16-11-10-12-17(15-16)21-14-9-7-5-6-8-13-18(20)22-19(2,3)4/h10-12,15H,5-9,13-14H2,1-4H3. The number of hydrogen-bond donors (Lipinski definition) is 0. The van der Waals surface area contributed by atoms with Gasteiger partial charge in [-0.2, -0.15) is 0 Å². The van der Waals surface area contributed by atoms with Crippen LogP contribution in [0.25, 0.3) is 0 Å². The summed E-state index contributed by atoms with van der Waals surface area (Å²) in [5, 5.41) is 0. The van der Waals surface area contributed by atoms with E-state index in [-0.39, 0.29) is 11.6 Å². The van der Waals surface area contributed by atoms with Gasteiger partial charge >= 0.3 is 5.97 Å². The Balaban J connectivity index is 1.97. The van der Waals surface area contributed by atoms with Gasteiger partial charge in [-0.15, -0.1) is 0 Å². The lowest BCUT2D eigenvalue weighted by Gasteiger charge is -2.19. The van der Waals surface area contributed by atoms with Crippen LogP contribution >= 0.6 is 0 Å². The fraction of sp³-hybridized carbons (Fsp3) is 0.632. The summed E-state index contributed by atoms with van der Waals surface area (Å²) in [6, 6.07) is 8.13. The van der Waals surface area contributed by atoms with Gasteiger partial charge < -0.3 is 9.47 Å². The Morgan fingerprint density at radius 2 is 1.73 bits per heavy atom. The molecule has 0 aliphatic heterocycles. The van der Waals surface area contributed by atoms with Crippen molar-refractivity contribution in [3.05, 3.63) is 29.8 Å². The molecule has 0 radical (unpaired) electrons. The molecule has 0 amide bonds. The van der Waals surface area contributed by atoms with Crippen LogP contribution in [0.1, 0.15) is 64.9 Å². The van der Waals surface area contributed by atoms with E-state index in [2.05, 4.69) is 19.1 Å². The zero-order chi connectivity index (χ0) is 16.4. The molecule has 22 heavy (non-hydrogen) atoms. The topological polar surface area (TPSA) is 35.5 Å². The largest absolute Gasteiger partial charge is 0.494 e. The molecular weight excluding hydrogens is 276 g/mol. The number of carbonyl (C=O) groups excluding carboxylic acids is 1. The van der Waals surface area contributed by atoms with Gasteiger partial charge in [0.2, 0.25) is 0 Å². The van der Waals surface area contributed by atoms with Crippen molar-refractivity contribution in [2.75, 3.05) is 6.61 Å². The van der Waals surface area contributed by atoms with Crippen LogP contribution in [-0.2, 0) is 9.53 Å². The van der Waals surface area contributed by atoms with Crippen molar-refractivity contribution in [3.63, 3.8) is 0 Å². The Bertz CT molecular complexity index is 446. The first-order chi connectivity index (χ1) is 10.4. The van der Waals surface area contributed by atoms with Crippen molar-refractivity contribution in [1.29, 1.82) is 0 Å². The molecule has 0 spiro atoms. The predicted molar refractivity (Wildman–Crippen MR) is 90.2 cm³/mol. The second-order valence-corrected chi connectivity index (χ2v) is 6.77. The minimum Gasteiger partial charge on any atom is -0.494 e. The number of unbranched alkanes of at least 4 members (excludes halogenated alkanes) is 4. The monoisotopic (exact) mass is 306 g/mol. The molecule has 124 valence electrons. The van der Waals surface area contributed by atoms with Crippen LogP contribution < -0.4 is 4.74 Å². The molecule has 3 heteroatoms. The smallest absolute Gasteiger partial charge is 0.306 e. The summed E-state index contributed by atoms with van der Waals surface area (Å²) in [5.41, 5.74) is 0.851. The van der Waals surface area contributed by atoms with Crippen molar-refractivity contribution < 1.29 is 14.3 Å². The van der Waals surface area contributed by atoms with Crippen LogP contribution in [0.5, 0.6) is 5.75 Å². The minimum atomic E-state index is -0.371. The van der Waals surface area contributed by atoms with Crippen molar-refractivity contribution in [2.24, 2.45) is 0 Å². The lowest BCUT2D eigenvalue weighted by Crippen LogP contribution is -2.23. The van der Waals surface area contributed by atoms with E-state index in [1.165, 1.54) is 5.56 Å². The van der Waals surface area contributed by atoms with Crippen LogP contribution in [0, 0.1) is 6.92 Å². The van der Waals surface area contributed by atoms with Crippen LogP contribution in [0.3, 0.4) is 0 Å². The van der Waals surface area contributed by atoms with Crippen molar-refractivity contribution in [3.8, 4) is 5.75 Å². The summed E-state index contributed by atoms with van der Waals surface area (Å²) < 4.78 is 11.0. The maximum atomic E-state index is 11.5. The Morgan fingerprint density at radius 3 is 2.41 bits per heavy atom. The van der Waals surface area contributed by atoms with Gasteiger partial charge in [0, 0.05) is 6.42 Å². The molecule has 0 heterocycles. The van der Waals surface area contributed by atoms with E-state index in [0.29, 0.717) is 6.42 Å². The lowest BCUT2D eigenvalue weighted by molar-refractivity contribution is -0.154. The van der Waals surface area contributed by atoms with E-state index in [0.717, 1.165) is 44.5 Å². The molecule has 0 unspecified atom stereocenters. The summed E-state index contributed by atoms with van der Waals surface area (Å²) in [4.78, 5) is 11.5. The number of carbonyl (C=O) groups is 1. The average molecular weight is 306 g/mol. The van der Waals surface area contributed by atoms with E-state index >= 15 is 0 Å². The van der Waals surface area contributed by atoms with E-state index in [1.54, 1.807) is 0 Å². The molecule has 0 saturated heterocycles. The van der Waals surface area contributed by atoms with Gasteiger partial charge in [-0.3, -0.25) is 4.79 Å². The second kappa shape index (κ2) is 9.50. The van der Waals surface area contributed by atoms with E-state index < -0.39 is 0 Å². The third-order valence-electron chi connectivity index (χ3n) is 3.20. The number of rotatable bonds is 9. The fourth-order valence-corrected chi connectivity index (χ4v) is 2.19. The first kappa shape index (κ1) is 18.5. The molecule has 0 aliphatic carbocycles. The Morgan fingerprint density at radius 1 is 1.05 bits per heavy atom. The number of aryl methyl sites for hydroxylation is 1. The van der Waals surface area contributed by atoms with Crippen molar-refractivity contribution >= 4 is 5.97 Å². The molecule has 1 rings (SSSR count). The maximum Gasteiger partial charge on any atom is 0.306 e. The molecule has 0 saturated carbocycles. The van der Waals surface area contributed by atoms with Crippen LogP contribution in [-0.4, -0.2) is 18.2 Å². The van der Waals surface area contributed by atoms with Crippen molar-refractivity contribution in [2.45, 2.75) is 71.8 Å². The highest BCUT2D eigenvalue weighted by Gasteiger charge is 2.15. The van der Waals surface area contributed by atoms with E-state index in [9.17, 15) is 4.79 Å².